The lowest BCUT2D eigenvalue weighted by molar-refractivity contribution is 0.0596. The zero-order valence-electron chi connectivity index (χ0n) is 16.2. The number of nitrogens with zero attached hydrogens (tertiary/aromatic N) is 2. The lowest BCUT2D eigenvalue weighted by Gasteiger charge is -2.32. The third-order valence-corrected chi connectivity index (χ3v) is 5.34. The molecule has 0 unspecified atom stereocenters. The number of pyridine rings is 1. The maximum absolute atomic E-state index is 13.2. The second-order valence-electron chi connectivity index (χ2n) is 7.43. The van der Waals surface area contributed by atoms with Crippen molar-refractivity contribution in [2.24, 2.45) is 7.05 Å². The first-order chi connectivity index (χ1) is 13.5. The van der Waals surface area contributed by atoms with Crippen molar-refractivity contribution in [1.29, 1.82) is 0 Å². The summed E-state index contributed by atoms with van der Waals surface area (Å²) in [7, 11) is 1.69. The van der Waals surface area contributed by atoms with E-state index in [2.05, 4.69) is 0 Å². The Bertz CT molecular complexity index is 1080. The van der Waals surface area contributed by atoms with Crippen molar-refractivity contribution < 1.29 is 9.53 Å². The second-order valence-corrected chi connectivity index (χ2v) is 7.43. The van der Waals surface area contributed by atoms with Crippen molar-refractivity contribution in [2.75, 3.05) is 13.1 Å². The van der Waals surface area contributed by atoms with Gasteiger partial charge in [0, 0.05) is 49.9 Å². The Morgan fingerprint density at radius 3 is 2.46 bits per heavy atom. The molecule has 1 aliphatic rings. The number of aromatic nitrogens is 1. The molecule has 1 amide bonds. The maximum atomic E-state index is 13.2. The molecule has 5 heteroatoms. The SMILES string of the molecule is Cc1cccc(OC2CCN(C(=O)c3cn(C)c(=O)c4ccccc34)CC2)c1. The summed E-state index contributed by atoms with van der Waals surface area (Å²) in [5.41, 5.74) is 1.67. The van der Waals surface area contributed by atoms with Crippen LogP contribution >= 0.6 is 0 Å². The number of aryl methyl sites for hydroxylation is 2. The van der Waals surface area contributed by atoms with E-state index >= 15 is 0 Å². The van der Waals surface area contributed by atoms with E-state index in [0.29, 0.717) is 29.4 Å². The average Bonchev–Trinajstić information content (AvgIpc) is 2.71. The first kappa shape index (κ1) is 18.3. The highest BCUT2D eigenvalue weighted by atomic mass is 16.5. The molecule has 0 aliphatic carbocycles. The summed E-state index contributed by atoms with van der Waals surface area (Å²) in [5.74, 6) is 0.856. The molecular weight excluding hydrogens is 352 g/mol. The van der Waals surface area contributed by atoms with Crippen LogP contribution in [-0.4, -0.2) is 34.6 Å². The Labute approximate surface area is 164 Å². The number of amides is 1. The van der Waals surface area contributed by atoms with E-state index in [4.69, 9.17) is 4.74 Å². The normalized spacial score (nSPS) is 15.0. The zero-order chi connectivity index (χ0) is 19.7. The molecule has 5 nitrogen and oxygen atoms in total. The molecule has 0 saturated carbocycles. The predicted octanol–water partition coefficient (Wildman–Crippen LogP) is 3.53. The smallest absolute Gasteiger partial charge is 0.258 e. The summed E-state index contributed by atoms with van der Waals surface area (Å²) in [5, 5.41) is 1.29. The standard InChI is InChI=1S/C23H24N2O3/c1-16-6-5-7-18(14-16)28-17-10-12-25(13-11-17)23(27)21-15-24(2)22(26)20-9-4-3-8-19(20)21/h3-9,14-15,17H,10-13H2,1-2H3. The summed E-state index contributed by atoms with van der Waals surface area (Å²) in [6, 6.07) is 15.4. The van der Waals surface area contributed by atoms with E-state index in [-0.39, 0.29) is 17.6 Å². The van der Waals surface area contributed by atoms with Crippen LogP contribution in [0.4, 0.5) is 0 Å². The number of likely N-dealkylation sites (tertiary alicyclic amines) is 1. The van der Waals surface area contributed by atoms with E-state index in [9.17, 15) is 9.59 Å². The van der Waals surface area contributed by atoms with Gasteiger partial charge in [0.15, 0.2) is 0 Å². The number of hydrogen-bond donors (Lipinski definition) is 0. The molecule has 1 fully saturated rings. The molecule has 1 aromatic heterocycles. The van der Waals surface area contributed by atoms with Gasteiger partial charge in [-0.3, -0.25) is 9.59 Å². The molecule has 0 radical (unpaired) electrons. The number of fused-ring (bicyclic) bond motifs is 1. The molecule has 3 aromatic rings. The van der Waals surface area contributed by atoms with Crippen LogP contribution in [0.15, 0.2) is 59.5 Å². The molecule has 1 saturated heterocycles. The topological polar surface area (TPSA) is 51.5 Å². The van der Waals surface area contributed by atoms with Gasteiger partial charge in [0.1, 0.15) is 11.9 Å². The Morgan fingerprint density at radius 2 is 1.75 bits per heavy atom. The molecule has 0 spiro atoms. The number of piperidine rings is 1. The number of carbonyl (C=O) groups excluding carboxylic acids is 1. The quantitative estimate of drug-likeness (QED) is 0.703. The Kier molecular flexibility index (Phi) is 4.90. The minimum absolute atomic E-state index is 0.0270. The van der Waals surface area contributed by atoms with Crippen LogP contribution in [0.2, 0.25) is 0 Å². The Balaban J connectivity index is 1.50. The maximum Gasteiger partial charge on any atom is 0.258 e. The van der Waals surface area contributed by atoms with Gasteiger partial charge in [0.25, 0.3) is 11.5 Å². The lowest BCUT2D eigenvalue weighted by Crippen LogP contribution is -2.42. The lowest BCUT2D eigenvalue weighted by atomic mass is 10.0. The monoisotopic (exact) mass is 376 g/mol. The van der Waals surface area contributed by atoms with Crippen molar-refractivity contribution in [3.63, 3.8) is 0 Å². The molecule has 2 heterocycles. The second kappa shape index (κ2) is 7.50. The van der Waals surface area contributed by atoms with Crippen molar-refractivity contribution >= 4 is 16.7 Å². The molecule has 144 valence electrons. The molecule has 2 aromatic carbocycles. The van der Waals surface area contributed by atoms with Crippen LogP contribution in [0.3, 0.4) is 0 Å². The highest BCUT2D eigenvalue weighted by Crippen LogP contribution is 2.23. The van der Waals surface area contributed by atoms with E-state index < -0.39 is 0 Å². The number of benzene rings is 2. The largest absolute Gasteiger partial charge is 0.490 e. The van der Waals surface area contributed by atoms with Gasteiger partial charge in [-0.25, -0.2) is 0 Å². The molecule has 0 atom stereocenters. The van der Waals surface area contributed by atoms with E-state index in [1.807, 2.05) is 54.3 Å². The molecule has 28 heavy (non-hydrogen) atoms. The molecule has 4 rings (SSSR count). The number of carbonyl (C=O) groups is 1. The summed E-state index contributed by atoms with van der Waals surface area (Å²) in [6.45, 7) is 3.34. The summed E-state index contributed by atoms with van der Waals surface area (Å²) < 4.78 is 7.58. The third-order valence-electron chi connectivity index (χ3n) is 5.34. The predicted molar refractivity (Wildman–Crippen MR) is 110 cm³/mol. The third kappa shape index (κ3) is 3.52. The van der Waals surface area contributed by atoms with Crippen LogP contribution in [0.1, 0.15) is 28.8 Å². The minimum atomic E-state index is -0.0857. The van der Waals surface area contributed by atoms with Crippen molar-refractivity contribution in [3.8, 4) is 5.75 Å². The van der Waals surface area contributed by atoms with Gasteiger partial charge in [-0.1, -0.05) is 30.3 Å². The fourth-order valence-electron chi connectivity index (χ4n) is 3.81. The van der Waals surface area contributed by atoms with E-state index in [0.717, 1.165) is 18.6 Å². The molecule has 1 aliphatic heterocycles. The molecular formula is C23H24N2O3. The van der Waals surface area contributed by atoms with E-state index in [1.165, 1.54) is 10.1 Å². The highest BCUT2D eigenvalue weighted by Gasteiger charge is 2.26. The summed E-state index contributed by atoms with van der Waals surface area (Å²) in [6.07, 6.45) is 3.36. The van der Waals surface area contributed by atoms with Crippen molar-refractivity contribution in [1.82, 2.24) is 9.47 Å². The van der Waals surface area contributed by atoms with Crippen LogP contribution in [-0.2, 0) is 7.05 Å². The van der Waals surface area contributed by atoms with Gasteiger partial charge in [0.2, 0.25) is 0 Å². The van der Waals surface area contributed by atoms with Crippen LogP contribution in [0, 0.1) is 6.92 Å². The van der Waals surface area contributed by atoms with E-state index in [1.54, 1.807) is 19.3 Å². The van der Waals surface area contributed by atoms with Crippen LogP contribution in [0.5, 0.6) is 5.75 Å². The van der Waals surface area contributed by atoms with Crippen molar-refractivity contribution in [2.45, 2.75) is 25.9 Å². The Morgan fingerprint density at radius 1 is 1.04 bits per heavy atom. The van der Waals surface area contributed by atoms with Gasteiger partial charge in [0.05, 0.1) is 5.56 Å². The fraction of sp³-hybridized carbons (Fsp3) is 0.304. The number of hydrogen-bond acceptors (Lipinski definition) is 3. The van der Waals surface area contributed by atoms with Gasteiger partial charge < -0.3 is 14.2 Å². The van der Waals surface area contributed by atoms with Crippen LogP contribution in [0.25, 0.3) is 10.8 Å². The fourth-order valence-corrected chi connectivity index (χ4v) is 3.81. The first-order valence-electron chi connectivity index (χ1n) is 9.64. The first-order valence-corrected chi connectivity index (χ1v) is 9.64. The number of ether oxygens (including phenoxy) is 1. The summed E-state index contributed by atoms with van der Waals surface area (Å²) >= 11 is 0. The molecule has 0 N–H and O–H groups in total. The van der Waals surface area contributed by atoms with Crippen molar-refractivity contribution in [3.05, 3.63) is 76.2 Å². The number of rotatable bonds is 3. The highest BCUT2D eigenvalue weighted by molar-refractivity contribution is 6.06. The van der Waals surface area contributed by atoms with Gasteiger partial charge in [-0.15, -0.1) is 0 Å². The summed E-state index contributed by atoms with van der Waals surface area (Å²) in [4.78, 5) is 27.4. The van der Waals surface area contributed by atoms with Gasteiger partial charge in [-0.05, 0) is 30.7 Å². The van der Waals surface area contributed by atoms with Crippen LogP contribution < -0.4 is 10.3 Å². The van der Waals surface area contributed by atoms with Gasteiger partial charge >= 0.3 is 0 Å². The zero-order valence-corrected chi connectivity index (χ0v) is 16.2. The minimum Gasteiger partial charge on any atom is -0.490 e. The van der Waals surface area contributed by atoms with Gasteiger partial charge in [-0.2, -0.15) is 0 Å². The average molecular weight is 376 g/mol. The molecule has 0 bridgehead atoms. The Hall–Kier alpha value is -3.08.